The highest BCUT2D eigenvalue weighted by atomic mass is 32.2. The Kier molecular flexibility index (Phi) is 10.7. The minimum absolute atomic E-state index is 0.146. The second-order valence-corrected chi connectivity index (χ2v) is 9.88. The van der Waals surface area contributed by atoms with Crippen LogP contribution in [0, 0.1) is 5.82 Å². The molecule has 0 spiro atoms. The number of carbonyl (C=O) groups is 2. The normalized spacial score (nSPS) is 12.2. The number of halogens is 1. The molecule has 0 bridgehead atoms. The molecule has 0 aromatic heterocycles. The molecule has 0 saturated heterocycles. The molecule has 2 aromatic rings. The van der Waals surface area contributed by atoms with Crippen molar-refractivity contribution in [1.82, 2.24) is 14.9 Å². The Morgan fingerprint density at radius 1 is 1.00 bits per heavy atom. The van der Waals surface area contributed by atoms with E-state index in [0.717, 1.165) is 24.0 Å². The quantitative estimate of drug-likeness (QED) is 0.420. The summed E-state index contributed by atoms with van der Waals surface area (Å²) in [5, 5.41) is 2.86. The average molecular weight is 492 g/mol. The second-order valence-electron chi connectivity index (χ2n) is 8.11. The van der Waals surface area contributed by atoms with Crippen LogP contribution in [-0.4, -0.2) is 44.3 Å². The summed E-state index contributed by atoms with van der Waals surface area (Å²) in [4.78, 5) is 27.4. The largest absolute Gasteiger partial charge is 0.354 e. The first-order valence-corrected chi connectivity index (χ1v) is 13.1. The van der Waals surface area contributed by atoms with Gasteiger partial charge in [0, 0.05) is 26.1 Å². The Labute approximate surface area is 201 Å². The van der Waals surface area contributed by atoms with Crippen LogP contribution in [0.1, 0.15) is 51.2 Å². The predicted octanol–water partition coefficient (Wildman–Crippen LogP) is 3.39. The third-order valence-electron chi connectivity index (χ3n) is 5.46. The van der Waals surface area contributed by atoms with Gasteiger partial charge in [0.05, 0.1) is 4.90 Å². The lowest BCUT2D eigenvalue weighted by molar-refractivity contribution is -0.140. The van der Waals surface area contributed by atoms with Crippen molar-refractivity contribution in [3.05, 3.63) is 65.5 Å². The summed E-state index contributed by atoms with van der Waals surface area (Å²) in [6.45, 7) is 6.44. The SMILES string of the molecule is CCCCNC(=O)[C@@H](C)N(Cc1ccc(F)cc1)C(=O)CCc1ccc(S(=O)(=O)NCC)cc1. The minimum Gasteiger partial charge on any atom is -0.354 e. The molecule has 2 rings (SSSR count). The Balaban J connectivity index is 2.10. The highest BCUT2D eigenvalue weighted by Crippen LogP contribution is 2.15. The molecule has 9 heteroatoms. The van der Waals surface area contributed by atoms with Gasteiger partial charge in [-0.25, -0.2) is 17.5 Å². The van der Waals surface area contributed by atoms with Crippen LogP contribution in [0.4, 0.5) is 4.39 Å². The number of rotatable bonds is 13. The van der Waals surface area contributed by atoms with Crippen molar-refractivity contribution >= 4 is 21.8 Å². The molecule has 0 aliphatic rings. The van der Waals surface area contributed by atoms with Crippen molar-refractivity contribution < 1.29 is 22.4 Å². The maximum absolute atomic E-state index is 13.3. The fourth-order valence-electron chi connectivity index (χ4n) is 3.41. The van der Waals surface area contributed by atoms with Gasteiger partial charge in [-0.05, 0) is 55.2 Å². The molecule has 0 saturated carbocycles. The van der Waals surface area contributed by atoms with Gasteiger partial charge in [0.2, 0.25) is 21.8 Å². The maximum atomic E-state index is 13.3. The Bertz CT molecular complexity index is 1040. The van der Waals surface area contributed by atoms with Crippen molar-refractivity contribution in [2.45, 2.75) is 63.9 Å². The molecule has 0 aliphatic carbocycles. The van der Waals surface area contributed by atoms with E-state index in [-0.39, 0.29) is 35.5 Å². The van der Waals surface area contributed by atoms with Crippen LogP contribution in [0.3, 0.4) is 0 Å². The van der Waals surface area contributed by atoms with E-state index in [1.54, 1.807) is 38.1 Å². The van der Waals surface area contributed by atoms with Gasteiger partial charge in [-0.2, -0.15) is 0 Å². The number of nitrogens with zero attached hydrogens (tertiary/aromatic N) is 1. The average Bonchev–Trinajstić information content (AvgIpc) is 2.82. The Hall–Kier alpha value is -2.78. The summed E-state index contributed by atoms with van der Waals surface area (Å²) in [5.74, 6) is -0.819. The van der Waals surface area contributed by atoms with Gasteiger partial charge in [0.25, 0.3) is 0 Å². The molecule has 186 valence electrons. The number of unbranched alkanes of at least 4 members (excludes halogenated alkanes) is 1. The molecule has 2 aromatic carbocycles. The Morgan fingerprint density at radius 2 is 1.62 bits per heavy atom. The van der Waals surface area contributed by atoms with E-state index >= 15 is 0 Å². The van der Waals surface area contributed by atoms with Gasteiger partial charge in [-0.3, -0.25) is 9.59 Å². The maximum Gasteiger partial charge on any atom is 0.242 e. The smallest absolute Gasteiger partial charge is 0.242 e. The molecular formula is C25H34FN3O4S. The highest BCUT2D eigenvalue weighted by Gasteiger charge is 2.25. The van der Waals surface area contributed by atoms with Crippen LogP contribution in [0.15, 0.2) is 53.4 Å². The summed E-state index contributed by atoms with van der Waals surface area (Å²) in [6, 6.07) is 11.5. The molecule has 0 fully saturated rings. The van der Waals surface area contributed by atoms with E-state index in [1.807, 2.05) is 6.92 Å². The van der Waals surface area contributed by atoms with Crippen LogP contribution < -0.4 is 10.0 Å². The number of hydrogen-bond donors (Lipinski definition) is 2. The zero-order valence-corrected chi connectivity index (χ0v) is 20.8. The number of nitrogens with one attached hydrogen (secondary N) is 2. The van der Waals surface area contributed by atoms with E-state index in [1.165, 1.54) is 29.2 Å². The number of aryl methyl sites for hydroxylation is 1. The molecule has 2 amide bonds. The lowest BCUT2D eigenvalue weighted by Crippen LogP contribution is -2.47. The third-order valence-corrected chi connectivity index (χ3v) is 7.02. The highest BCUT2D eigenvalue weighted by molar-refractivity contribution is 7.89. The summed E-state index contributed by atoms with van der Waals surface area (Å²) in [6.07, 6.45) is 2.34. The number of carbonyl (C=O) groups excluding carboxylic acids is 2. The molecule has 2 N–H and O–H groups in total. The lowest BCUT2D eigenvalue weighted by Gasteiger charge is -2.29. The molecule has 1 atom stereocenters. The molecule has 34 heavy (non-hydrogen) atoms. The summed E-state index contributed by atoms with van der Waals surface area (Å²) in [5.41, 5.74) is 1.53. The minimum atomic E-state index is -3.54. The fraction of sp³-hybridized carbons (Fsp3) is 0.440. The molecular weight excluding hydrogens is 457 g/mol. The van der Waals surface area contributed by atoms with Gasteiger partial charge in [0.15, 0.2) is 0 Å². The molecule has 0 aliphatic heterocycles. The zero-order chi connectivity index (χ0) is 25.1. The Morgan fingerprint density at radius 3 is 2.21 bits per heavy atom. The van der Waals surface area contributed by atoms with Crippen molar-refractivity contribution in [2.75, 3.05) is 13.1 Å². The van der Waals surface area contributed by atoms with Crippen LogP contribution in [0.2, 0.25) is 0 Å². The number of benzene rings is 2. The van der Waals surface area contributed by atoms with Gasteiger partial charge < -0.3 is 10.2 Å². The number of amides is 2. The molecule has 0 heterocycles. The third kappa shape index (κ3) is 8.22. The first-order chi connectivity index (χ1) is 16.2. The van der Waals surface area contributed by atoms with Gasteiger partial charge in [-0.1, -0.05) is 44.5 Å². The molecule has 7 nitrogen and oxygen atoms in total. The summed E-state index contributed by atoms with van der Waals surface area (Å²) < 4.78 is 39.9. The van der Waals surface area contributed by atoms with E-state index in [9.17, 15) is 22.4 Å². The van der Waals surface area contributed by atoms with Gasteiger partial charge in [0.1, 0.15) is 11.9 Å². The van der Waals surface area contributed by atoms with Crippen molar-refractivity contribution in [2.24, 2.45) is 0 Å². The first kappa shape index (κ1) is 27.5. The van der Waals surface area contributed by atoms with E-state index in [4.69, 9.17) is 0 Å². The topological polar surface area (TPSA) is 95.6 Å². The van der Waals surface area contributed by atoms with Gasteiger partial charge >= 0.3 is 0 Å². The van der Waals surface area contributed by atoms with Crippen molar-refractivity contribution in [3.63, 3.8) is 0 Å². The number of sulfonamides is 1. The second kappa shape index (κ2) is 13.2. The zero-order valence-electron chi connectivity index (χ0n) is 20.0. The van der Waals surface area contributed by atoms with Crippen LogP contribution in [-0.2, 0) is 32.6 Å². The summed E-state index contributed by atoms with van der Waals surface area (Å²) in [7, 11) is -3.54. The predicted molar refractivity (Wildman–Crippen MR) is 130 cm³/mol. The van der Waals surface area contributed by atoms with Crippen molar-refractivity contribution in [3.8, 4) is 0 Å². The van der Waals surface area contributed by atoms with Crippen LogP contribution in [0.25, 0.3) is 0 Å². The fourth-order valence-corrected chi connectivity index (χ4v) is 4.45. The van der Waals surface area contributed by atoms with Crippen LogP contribution >= 0.6 is 0 Å². The summed E-state index contributed by atoms with van der Waals surface area (Å²) >= 11 is 0. The van der Waals surface area contributed by atoms with Gasteiger partial charge in [-0.15, -0.1) is 0 Å². The van der Waals surface area contributed by atoms with Crippen molar-refractivity contribution in [1.29, 1.82) is 0 Å². The first-order valence-electron chi connectivity index (χ1n) is 11.6. The standard InChI is InChI=1S/C25H34FN3O4S/c1-4-6-17-27-25(31)19(3)29(18-21-7-12-22(26)13-8-21)24(30)16-11-20-9-14-23(15-10-20)34(32,33)28-5-2/h7-10,12-15,19,28H,4-6,11,16-18H2,1-3H3,(H,27,31)/t19-/m1/s1. The monoisotopic (exact) mass is 491 g/mol. The molecule has 0 unspecified atom stereocenters. The van der Waals surface area contributed by atoms with Crippen LogP contribution in [0.5, 0.6) is 0 Å². The van der Waals surface area contributed by atoms with E-state index < -0.39 is 16.1 Å². The van der Waals surface area contributed by atoms with E-state index in [2.05, 4.69) is 10.0 Å². The molecule has 0 radical (unpaired) electrons. The lowest BCUT2D eigenvalue weighted by atomic mass is 10.1. The van der Waals surface area contributed by atoms with E-state index in [0.29, 0.717) is 19.5 Å². The number of hydrogen-bond acceptors (Lipinski definition) is 4.